The molecule has 1 aromatic heterocycles. The summed E-state index contributed by atoms with van der Waals surface area (Å²) in [5.41, 5.74) is 0. The van der Waals surface area contributed by atoms with E-state index in [1.165, 1.54) is 30.2 Å². The number of rotatable bonds is 5. The van der Waals surface area contributed by atoms with Gasteiger partial charge in [-0.2, -0.15) is 0 Å². The fourth-order valence-electron chi connectivity index (χ4n) is 2.88. The maximum atomic E-state index is 12.2. The Bertz CT molecular complexity index is 587. The molecule has 2 aliphatic heterocycles. The summed E-state index contributed by atoms with van der Waals surface area (Å²) in [7, 11) is -3.52. The molecule has 1 aromatic rings. The van der Waals surface area contributed by atoms with Gasteiger partial charge in [-0.15, -0.1) is 11.3 Å². The van der Waals surface area contributed by atoms with Crippen LogP contribution in [0.5, 0.6) is 0 Å². The lowest BCUT2D eigenvalue weighted by molar-refractivity contribution is -0.0449. The highest BCUT2D eigenvalue weighted by Gasteiger charge is 2.32. The fraction of sp³-hybridized carbons (Fsp3) is 0.692. The molecule has 2 unspecified atom stereocenters. The highest BCUT2D eigenvalue weighted by molar-refractivity contribution is 7.89. The van der Waals surface area contributed by atoms with Gasteiger partial charge in [0, 0.05) is 29.4 Å². The molecule has 0 spiro atoms. The van der Waals surface area contributed by atoms with E-state index >= 15 is 0 Å². The van der Waals surface area contributed by atoms with Crippen LogP contribution in [-0.4, -0.2) is 56.8 Å². The first-order valence-corrected chi connectivity index (χ1v) is 9.48. The molecule has 0 saturated carbocycles. The molecule has 2 saturated heterocycles. The Balaban J connectivity index is 1.56. The summed E-state index contributed by atoms with van der Waals surface area (Å²) in [6, 6.07) is 2.02. The third-order valence-corrected chi connectivity index (χ3v) is 6.53. The standard InChI is InChI=1S/C13H20N2O4S2/c16-7-12-4-13(9-20-12)21(17,18)14-5-11-6-15-3-1-2-10(15)8-19-11/h4,9-11,14,16H,1-3,5-8H2. The Hall–Kier alpha value is -0.510. The number of fused-ring (bicyclic) bond motifs is 1. The van der Waals surface area contributed by atoms with Crippen LogP contribution in [0.25, 0.3) is 0 Å². The van der Waals surface area contributed by atoms with Crippen LogP contribution in [0.1, 0.15) is 17.7 Å². The molecule has 0 radical (unpaired) electrons. The summed E-state index contributed by atoms with van der Waals surface area (Å²) in [5, 5.41) is 10.6. The normalized spacial score (nSPS) is 26.9. The van der Waals surface area contributed by atoms with Gasteiger partial charge >= 0.3 is 0 Å². The van der Waals surface area contributed by atoms with E-state index in [4.69, 9.17) is 9.84 Å². The van der Waals surface area contributed by atoms with Crippen LogP contribution in [0.4, 0.5) is 0 Å². The largest absolute Gasteiger partial charge is 0.391 e. The van der Waals surface area contributed by atoms with Crippen LogP contribution in [-0.2, 0) is 21.4 Å². The number of nitrogens with zero attached hydrogens (tertiary/aromatic N) is 1. The second-order valence-corrected chi connectivity index (χ2v) is 8.27. The number of hydrogen-bond donors (Lipinski definition) is 2. The Morgan fingerprint density at radius 2 is 2.38 bits per heavy atom. The molecule has 6 nitrogen and oxygen atoms in total. The average Bonchev–Trinajstić information content (AvgIpc) is 3.13. The molecule has 3 heterocycles. The van der Waals surface area contributed by atoms with Gasteiger partial charge in [-0.3, -0.25) is 4.90 Å². The molecule has 118 valence electrons. The van der Waals surface area contributed by atoms with Crippen molar-refractivity contribution in [2.24, 2.45) is 0 Å². The van der Waals surface area contributed by atoms with E-state index in [2.05, 4.69) is 9.62 Å². The SMILES string of the molecule is O=S(=O)(NCC1CN2CCCC2CO1)c1csc(CO)c1. The molecule has 0 bridgehead atoms. The number of hydrogen-bond acceptors (Lipinski definition) is 6. The highest BCUT2D eigenvalue weighted by Crippen LogP contribution is 2.23. The number of nitrogens with one attached hydrogen (secondary N) is 1. The summed E-state index contributed by atoms with van der Waals surface area (Å²) >= 11 is 1.24. The lowest BCUT2D eigenvalue weighted by Crippen LogP contribution is -2.50. The van der Waals surface area contributed by atoms with Crippen LogP contribution in [0.2, 0.25) is 0 Å². The average molecular weight is 332 g/mol. The minimum absolute atomic E-state index is 0.0925. The first kappa shape index (κ1) is 15.4. The first-order valence-electron chi connectivity index (χ1n) is 7.12. The van der Waals surface area contributed by atoms with Gasteiger partial charge in [0.2, 0.25) is 10.0 Å². The van der Waals surface area contributed by atoms with Crippen LogP contribution < -0.4 is 4.72 Å². The molecule has 0 aliphatic carbocycles. The first-order chi connectivity index (χ1) is 10.1. The molecule has 8 heteroatoms. The van der Waals surface area contributed by atoms with Gasteiger partial charge in [0.15, 0.2) is 0 Å². The minimum Gasteiger partial charge on any atom is -0.391 e. The summed E-state index contributed by atoms with van der Waals surface area (Å²) in [6.45, 7) is 2.72. The predicted octanol–water partition coefficient (Wildman–Crippen LogP) is 0.382. The second kappa shape index (κ2) is 6.31. The second-order valence-electron chi connectivity index (χ2n) is 5.51. The number of aliphatic hydroxyl groups is 1. The molecule has 3 rings (SSSR count). The maximum absolute atomic E-state index is 12.2. The zero-order valence-electron chi connectivity index (χ0n) is 11.7. The molecule has 0 aromatic carbocycles. The third-order valence-electron chi connectivity index (χ3n) is 4.06. The Morgan fingerprint density at radius 1 is 1.52 bits per heavy atom. The van der Waals surface area contributed by atoms with Gasteiger partial charge in [-0.25, -0.2) is 13.1 Å². The van der Waals surface area contributed by atoms with Gasteiger partial charge in [-0.1, -0.05) is 0 Å². The minimum atomic E-state index is -3.52. The summed E-state index contributed by atoms with van der Waals surface area (Å²) in [5.74, 6) is 0. The molecule has 21 heavy (non-hydrogen) atoms. The van der Waals surface area contributed by atoms with Crippen LogP contribution in [0, 0.1) is 0 Å². The van der Waals surface area contributed by atoms with Crippen molar-refractivity contribution in [3.05, 3.63) is 16.3 Å². The van der Waals surface area contributed by atoms with Gasteiger partial charge < -0.3 is 9.84 Å². The Kier molecular flexibility index (Phi) is 4.63. The van der Waals surface area contributed by atoms with Crippen molar-refractivity contribution >= 4 is 21.4 Å². The molecule has 2 aliphatic rings. The van der Waals surface area contributed by atoms with Gasteiger partial charge in [0.1, 0.15) is 0 Å². The monoisotopic (exact) mass is 332 g/mol. The number of aliphatic hydroxyl groups excluding tert-OH is 1. The van der Waals surface area contributed by atoms with Crippen molar-refractivity contribution < 1.29 is 18.3 Å². The van der Waals surface area contributed by atoms with Crippen molar-refractivity contribution in [1.82, 2.24) is 9.62 Å². The van der Waals surface area contributed by atoms with Crippen molar-refractivity contribution in [2.45, 2.75) is 36.5 Å². The van der Waals surface area contributed by atoms with E-state index in [0.717, 1.165) is 13.1 Å². The number of morpholine rings is 1. The smallest absolute Gasteiger partial charge is 0.241 e. The Labute approximate surface area is 128 Å². The van der Waals surface area contributed by atoms with Crippen LogP contribution >= 0.6 is 11.3 Å². The van der Waals surface area contributed by atoms with E-state index in [-0.39, 0.29) is 24.2 Å². The maximum Gasteiger partial charge on any atom is 0.241 e. The van der Waals surface area contributed by atoms with Crippen molar-refractivity contribution in [3.63, 3.8) is 0 Å². The van der Waals surface area contributed by atoms with E-state index in [1.807, 2.05) is 0 Å². The van der Waals surface area contributed by atoms with E-state index < -0.39 is 10.0 Å². The predicted molar refractivity (Wildman–Crippen MR) is 79.8 cm³/mol. The molecular formula is C13H20N2O4S2. The molecule has 2 N–H and O–H groups in total. The van der Waals surface area contributed by atoms with Crippen molar-refractivity contribution in [3.8, 4) is 0 Å². The fourth-order valence-corrected chi connectivity index (χ4v) is 5.08. The summed E-state index contributed by atoms with van der Waals surface area (Å²) < 4.78 is 32.7. The quantitative estimate of drug-likeness (QED) is 0.815. The zero-order chi connectivity index (χ0) is 14.9. The van der Waals surface area contributed by atoms with Crippen LogP contribution in [0.15, 0.2) is 16.3 Å². The van der Waals surface area contributed by atoms with Crippen molar-refractivity contribution in [2.75, 3.05) is 26.2 Å². The summed E-state index contributed by atoms with van der Waals surface area (Å²) in [4.78, 5) is 3.24. The van der Waals surface area contributed by atoms with Gasteiger partial charge in [0.05, 0.1) is 24.2 Å². The third kappa shape index (κ3) is 3.46. The van der Waals surface area contributed by atoms with E-state index in [9.17, 15) is 8.42 Å². The molecule has 0 amide bonds. The van der Waals surface area contributed by atoms with Crippen LogP contribution in [0.3, 0.4) is 0 Å². The van der Waals surface area contributed by atoms with Gasteiger partial charge in [0.25, 0.3) is 0 Å². The molecule has 2 atom stereocenters. The lowest BCUT2D eigenvalue weighted by atomic mass is 10.2. The number of thiophene rings is 1. The number of ether oxygens (including phenoxy) is 1. The molecule has 2 fully saturated rings. The van der Waals surface area contributed by atoms with Crippen molar-refractivity contribution in [1.29, 1.82) is 0 Å². The topological polar surface area (TPSA) is 78.9 Å². The van der Waals surface area contributed by atoms with E-state index in [0.29, 0.717) is 17.5 Å². The molecular weight excluding hydrogens is 312 g/mol. The number of sulfonamides is 1. The zero-order valence-corrected chi connectivity index (χ0v) is 13.3. The van der Waals surface area contributed by atoms with Gasteiger partial charge in [-0.05, 0) is 25.5 Å². The summed E-state index contributed by atoms with van der Waals surface area (Å²) in [6.07, 6.45) is 2.29. The lowest BCUT2D eigenvalue weighted by Gasteiger charge is -2.35. The highest BCUT2D eigenvalue weighted by atomic mass is 32.2. The Morgan fingerprint density at radius 3 is 3.14 bits per heavy atom. The van der Waals surface area contributed by atoms with E-state index in [1.54, 1.807) is 5.38 Å².